The van der Waals surface area contributed by atoms with Gasteiger partial charge in [0.25, 0.3) is 0 Å². The second-order valence-electron chi connectivity index (χ2n) is 4.12. The zero-order valence-electron chi connectivity index (χ0n) is 11.6. The molecule has 3 amide bonds. The minimum absolute atomic E-state index is 0.182. The van der Waals surface area contributed by atoms with Crippen LogP contribution in [0.15, 0.2) is 29.4 Å². The maximum absolute atomic E-state index is 12.1. The van der Waals surface area contributed by atoms with E-state index in [4.69, 9.17) is 5.73 Å². The molecule has 1 heterocycles. The highest BCUT2D eigenvalue weighted by Gasteiger charge is 2.31. The molecule has 1 aromatic heterocycles. The average Bonchev–Trinajstić information content (AvgIpc) is 2.92. The van der Waals surface area contributed by atoms with Crippen molar-refractivity contribution in [1.29, 1.82) is 0 Å². The van der Waals surface area contributed by atoms with Crippen molar-refractivity contribution in [1.82, 2.24) is 25.5 Å². The first-order chi connectivity index (χ1) is 11.2. The zero-order valence-corrected chi connectivity index (χ0v) is 12.5. The smallest absolute Gasteiger partial charge is 0.406 e. The molecule has 2 rings (SSSR count). The summed E-state index contributed by atoms with van der Waals surface area (Å²) in [4.78, 5) is 21.9. The molecule has 0 radical (unpaired) electrons. The minimum atomic E-state index is -4.79. The number of halogens is 3. The predicted molar refractivity (Wildman–Crippen MR) is 74.3 cm³/mol. The maximum atomic E-state index is 12.1. The Labute approximate surface area is 136 Å². The Morgan fingerprint density at radius 1 is 1.29 bits per heavy atom. The van der Waals surface area contributed by atoms with Crippen molar-refractivity contribution in [3.05, 3.63) is 24.3 Å². The van der Waals surface area contributed by atoms with Crippen molar-refractivity contribution < 1.29 is 27.5 Å². The van der Waals surface area contributed by atoms with Crippen LogP contribution in [-0.2, 0) is 4.79 Å². The van der Waals surface area contributed by atoms with E-state index >= 15 is 0 Å². The van der Waals surface area contributed by atoms with Gasteiger partial charge in [-0.25, -0.2) is 4.79 Å². The number of tetrazole rings is 1. The molecule has 0 saturated heterocycles. The summed E-state index contributed by atoms with van der Waals surface area (Å²) in [6.45, 7) is 0. The van der Waals surface area contributed by atoms with Crippen LogP contribution < -0.4 is 15.8 Å². The second kappa shape index (κ2) is 7.16. The van der Waals surface area contributed by atoms with Gasteiger partial charge in [-0.1, -0.05) is 11.8 Å². The van der Waals surface area contributed by atoms with Crippen LogP contribution in [0.2, 0.25) is 0 Å². The van der Waals surface area contributed by atoms with E-state index in [9.17, 15) is 22.8 Å². The van der Waals surface area contributed by atoms with Gasteiger partial charge in [0.2, 0.25) is 11.1 Å². The number of primary amides is 1. The number of benzene rings is 1. The number of nitrogens with one attached hydrogen (secondary N) is 1. The zero-order chi connectivity index (χ0) is 17.7. The Morgan fingerprint density at radius 3 is 2.54 bits per heavy atom. The fourth-order valence-corrected chi connectivity index (χ4v) is 2.21. The molecule has 0 bridgehead atoms. The lowest BCUT2D eigenvalue weighted by Crippen LogP contribution is -2.36. The first-order valence-corrected chi connectivity index (χ1v) is 7.10. The van der Waals surface area contributed by atoms with Crippen LogP contribution >= 0.6 is 11.8 Å². The third kappa shape index (κ3) is 5.12. The largest absolute Gasteiger partial charge is 0.573 e. The van der Waals surface area contributed by atoms with Crippen LogP contribution in [0, 0.1) is 0 Å². The molecule has 0 aliphatic carbocycles. The van der Waals surface area contributed by atoms with E-state index in [1.54, 1.807) is 0 Å². The lowest BCUT2D eigenvalue weighted by atomic mass is 10.3. The number of alkyl halides is 3. The number of aromatic nitrogens is 4. The van der Waals surface area contributed by atoms with Gasteiger partial charge >= 0.3 is 12.4 Å². The van der Waals surface area contributed by atoms with Crippen molar-refractivity contribution >= 4 is 23.7 Å². The maximum Gasteiger partial charge on any atom is 0.573 e. The SMILES string of the molecule is NC(=O)NC(=O)CSc1nnnn1-c1ccc(OC(F)(F)F)cc1. The first-order valence-electron chi connectivity index (χ1n) is 6.11. The number of imide groups is 1. The Morgan fingerprint density at radius 2 is 1.96 bits per heavy atom. The molecule has 0 atom stereocenters. The standard InChI is InChI=1S/C11H9F3N6O3S/c12-11(13,14)23-7-3-1-6(2-4-7)20-10(17-18-19-20)24-5-8(21)16-9(15)22/h1-4H,5H2,(H3,15,16,21,22). The van der Waals surface area contributed by atoms with E-state index in [1.165, 1.54) is 16.8 Å². The van der Waals surface area contributed by atoms with Crippen LogP contribution in [0.1, 0.15) is 0 Å². The summed E-state index contributed by atoms with van der Waals surface area (Å²) in [5.74, 6) is -1.22. The molecule has 0 fully saturated rings. The van der Waals surface area contributed by atoms with Crippen LogP contribution in [-0.4, -0.2) is 44.3 Å². The first kappa shape index (κ1) is 17.5. The van der Waals surface area contributed by atoms with Crippen LogP contribution in [0.5, 0.6) is 5.75 Å². The number of amides is 3. The van der Waals surface area contributed by atoms with Gasteiger partial charge in [-0.15, -0.1) is 18.3 Å². The molecule has 2 aromatic rings. The number of hydrogen-bond donors (Lipinski definition) is 2. The molecule has 24 heavy (non-hydrogen) atoms. The molecule has 0 saturated carbocycles. The molecule has 1 aromatic carbocycles. The summed E-state index contributed by atoms with van der Waals surface area (Å²) in [5, 5.41) is 12.9. The number of nitrogens with zero attached hydrogens (tertiary/aromatic N) is 4. The highest BCUT2D eigenvalue weighted by atomic mass is 32.2. The third-order valence-corrected chi connectivity index (χ3v) is 3.27. The lowest BCUT2D eigenvalue weighted by molar-refractivity contribution is -0.274. The number of nitrogens with two attached hydrogens (primary N) is 1. The molecule has 9 nitrogen and oxygen atoms in total. The molecule has 128 valence electrons. The Hall–Kier alpha value is -2.83. The van der Waals surface area contributed by atoms with Crippen molar-refractivity contribution in [2.24, 2.45) is 5.73 Å². The summed E-state index contributed by atoms with van der Waals surface area (Å²) in [6.07, 6.45) is -4.79. The summed E-state index contributed by atoms with van der Waals surface area (Å²) in [5.41, 5.74) is 5.16. The highest BCUT2D eigenvalue weighted by Crippen LogP contribution is 2.24. The number of ether oxygens (including phenoxy) is 1. The van der Waals surface area contributed by atoms with E-state index in [-0.39, 0.29) is 10.9 Å². The van der Waals surface area contributed by atoms with Gasteiger partial charge < -0.3 is 10.5 Å². The molecule has 0 aliphatic heterocycles. The topological polar surface area (TPSA) is 125 Å². The Kier molecular flexibility index (Phi) is 5.23. The molecule has 0 aliphatic rings. The predicted octanol–water partition coefficient (Wildman–Crippen LogP) is 0.848. The van der Waals surface area contributed by atoms with Gasteiger partial charge in [0, 0.05) is 0 Å². The summed E-state index contributed by atoms with van der Waals surface area (Å²) in [6, 6.07) is 3.83. The highest BCUT2D eigenvalue weighted by molar-refractivity contribution is 7.99. The normalized spacial score (nSPS) is 11.1. The van der Waals surface area contributed by atoms with Gasteiger partial charge in [0.15, 0.2) is 0 Å². The van der Waals surface area contributed by atoms with E-state index in [1.807, 2.05) is 5.32 Å². The molecule has 13 heteroatoms. The Balaban J connectivity index is 2.06. The number of carbonyl (C=O) groups excluding carboxylic acids is 2. The molecule has 0 spiro atoms. The van der Waals surface area contributed by atoms with E-state index in [0.717, 1.165) is 23.9 Å². The number of hydrogen-bond acceptors (Lipinski definition) is 7. The van der Waals surface area contributed by atoms with Gasteiger partial charge in [0.05, 0.1) is 11.4 Å². The fraction of sp³-hybridized carbons (Fsp3) is 0.182. The fourth-order valence-electron chi connectivity index (χ4n) is 1.52. The summed E-state index contributed by atoms with van der Waals surface area (Å²) >= 11 is 0.909. The van der Waals surface area contributed by atoms with Gasteiger partial charge in [-0.05, 0) is 34.7 Å². The number of urea groups is 1. The number of carbonyl (C=O) groups is 2. The third-order valence-electron chi connectivity index (χ3n) is 2.35. The van der Waals surface area contributed by atoms with Gasteiger partial charge in [-0.2, -0.15) is 4.68 Å². The quantitative estimate of drug-likeness (QED) is 0.755. The number of thioether (sulfide) groups is 1. The number of rotatable bonds is 5. The van der Waals surface area contributed by atoms with Crippen LogP contribution in [0.4, 0.5) is 18.0 Å². The van der Waals surface area contributed by atoms with Gasteiger partial charge in [-0.3, -0.25) is 10.1 Å². The van der Waals surface area contributed by atoms with E-state index in [0.29, 0.717) is 5.69 Å². The molecule has 0 unspecified atom stereocenters. The Bertz CT molecular complexity index is 733. The average molecular weight is 362 g/mol. The van der Waals surface area contributed by atoms with E-state index in [2.05, 4.69) is 20.3 Å². The van der Waals surface area contributed by atoms with Crippen LogP contribution in [0.25, 0.3) is 5.69 Å². The van der Waals surface area contributed by atoms with Crippen molar-refractivity contribution in [3.63, 3.8) is 0 Å². The van der Waals surface area contributed by atoms with Crippen LogP contribution in [0.3, 0.4) is 0 Å². The minimum Gasteiger partial charge on any atom is -0.406 e. The second-order valence-corrected chi connectivity index (χ2v) is 5.06. The molecular weight excluding hydrogens is 353 g/mol. The lowest BCUT2D eigenvalue weighted by Gasteiger charge is -2.09. The van der Waals surface area contributed by atoms with Crippen molar-refractivity contribution in [2.45, 2.75) is 11.5 Å². The van der Waals surface area contributed by atoms with Crippen molar-refractivity contribution in [2.75, 3.05) is 5.75 Å². The summed E-state index contributed by atoms with van der Waals surface area (Å²) < 4.78 is 41.3. The molecular formula is C11H9F3N6O3S. The van der Waals surface area contributed by atoms with Crippen molar-refractivity contribution in [3.8, 4) is 11.4 Å². The summed E-state index contributed by atoms with van der Waals surface area (Å²) in [7, 11) is 0. The van der Waals surface area contributed by atoms with Gasteiger partial charge in [0.1, 0.15) is 5.75 Å². The monoisotopic (exact) mass is 362 g/mol. The van der Waals surface area contributed by atoms with E-state index < -0.39 is 24.1 Å². The molecule has 3 N–H and O–H groups in total.